The monoisotopic (exact) mass is 319 g/mol. The maximum atomic E-state index is 4.47. The molecule has 0 saturated heterocycles. The van der Waals surface area contributed by atoms with Crippen LogP contribution in [-0.2, 0) is 6.42 Å². The van der Waals surface area contributed by atoms with Crippen LogP contribution in [0.3, 0.4) is 0 Å². The van der Waals surface area contributed by atoms with Gasteiger partial charge < -0.3 is 5.32 Å². The lowest BCUT2D eigenvalue weighted by molar-refractivity contribution is 0.531. The molecule has 1 unspecified atom stereocenters. The van der Waals surface area contributed by atoms with Crippen LogP contribution >= 0.6 is 15.9 Å². The normalized spacial score (nSPS) is 12.4. The van der Waals surface area contributed by atoms with Gasteiger partial charge in [-0.1, -0.05) is 6.92 Å². The Morgan fingerprint density at radius 1 is 1.26 bits per heavy atom. The van der Waals surface area contributed by atoms with Gasteiger partial charge in [-0.15, -0.1) is 0 Å². The van der Waals surface area contributed by atoms with E-state index in [2.05, 4.69) is 51.1 Å². The molecule has 0 aromatic carbocycles. The van der Waals surface area contributed by atoms with E-state index in [9.17, 15) is 0 Å². The smallest absolute Gasteiger partial charge is 0.0579 e. The van der Waals surface area contributed by atoms with E-state index in [1.807, 2.05) is 30.6 Å². The van der Waals surface area contributed by atoms with Crippen LogP contribution in [0, 0.1) is 6.92 Å². The number of nitrogens with one attached hydrogen (secondary N) is 1. The van der Waals surface area contributed by atoms with Gasteiger partial charge in [-0.3, -0.25) is 9.97 Å². The zero-order valence-corrected chi connectivity index (χ0v) is 12.8. The Hall–Kier alpha value is -1.26. The highest BCUT2D eigenvalue weighted by Gasteiger charge is 2.13. The molecule has 1 N–H and O–H groups in total. The number of halogens is 1. The molecule has 100 valence electrons. The van der Waals surface area contributed by atoms with Gasteiger partial charge in [0.1, 0.15) is 0 Å². The first-order valence-electron chi connectivity index (χ1n) is 6.45. The molecule has 0 radical (unpaired) electrons. The molecule has 2 rings (SSSR count). The van der Waals surface area contributed by atoms with Gasteiger partial charge in [-0.05, 0) is 59.2 Å². The summed E-state index contributed by atoms with van der Waals surface area (Å²) in [5.41, 5.74) is 3.38. The second-order valence-corrected chi connectivity index (χ2v) is 5.46. The number of pyridine rings is 2. The molecular formula is C15H18BrN3. The minimum absolute atomic E-state index is 0.207. The Morgan fingerprint density at radius 2 is 2.11 bits per heavy atom. The minimum atomic E-state index is 0.207. The lowest BCUT2D eigenvalue weighted by atomic mass is 10.1. The summed E-state index contributed by atoms with van der Waals surface area (Å²) in [6, 6.07) is 8.43. The van der Waals surface area contributed by atoms with Gasteiger partial charge >= 0.3 is 0 Å². The van der Waals surface area contributed by atoms with Crippen LogP contribution in [0.1, 0.15) is 29.9 Å². The highest BCUT2D eigenvalue weighted by molar-refractivity contribution is 9.10. The van der Waals surface area contributed by atoms with Crippen LogP contribution < -0.4 is 5.32 Å². The van der Waals surface area contributed by atoms with Crippen molar-refractivity contribution >= 4 is 15.9 Å². The van der Waals surface area contributed by atoms with Crippen molar-refractivity contribution in [2.24, 2.45) is 0 Å². The molecule has 0 fully saturated rings. The minimum Gasteiger partial charge on any atom is -0.309 e. The third kappa shape index (κ3) is 4.11. The van der Waals surface area contributed by atoms with Crippen LogP contribution in [0.5, 0.6) is 0 Å². The third-order valence-electron chi connectivity index (χ3n) is 2.95. The molecule has 1 atom stereocenters. The molecule has 0 saturated carbocycles. The summed E-state index contributed by atoms with van der Waals surface area (Å²) < 4.78 is 1.00. The first-order valence-corrected chi connectivity index (χ1v) is 7.24. The SMILES string of the molecule is CCNC(Cc1ccc(Br)cn1)c1cc(C)ccn1. The lowest BCUT2D eigenvalue weighted by Crippen LogP contribution is -2.24. The molecule has 0 aliphatic carbocycles. The highest BCUT2D eigenvalue weighted by atomic mass is 79.9. The third-order valence-corrected chi connectivity index (χ3v) is 3.42. The summed E-state index contributed by atoms with van der Waals surface area (Å²) >= 11 is 3.41. The summed E-state index contributed by atoms with van der Waals surface area (Å²) in [6.45, 7) is 5.11. The van der Waals surface area contributed by atoms with E-state index < -0.39 is 0 Å². The molecule has 0 bridgehead atoms. The molecule has 4 heteroatoms. The summed E-state index contributed by atoms with van der Waals surface area (Å²) in [5.74, 6) is 0. The molecule has 0 amide bonds. The zero-order chi connectivity index (χ0) is 13.7. The molecule has 0 aliphatic heterocycles. The standard InChI is InChI=1S/C15H18BrN3/c1-3-17-15(14-8-11(2)6-7-18-14)9-13-5-4-12(16)10-19-13/h4-8,10,15,17H,3,9H2,1-2H3. The number of rotatable bonds is 5. The van der Waals surface area contributed by atoms with Crippen molar-refractivity contribution in [1.29, 1.82) is 0 Å². The molecule has 3 nitrogen and oxygen atoms in total. The fourth-order valence-electron chi connectivity index (χ4n) is 2.01. The van der Waals surface area contributed by atoms with Gasteiger partial charge in [0.2, 0.25) is 0 Å². The number of hydrogen-bond acceptors (Lipinski definition) is 3. The van der Waals surface area contributed by atoms with Gasteiger partial charge in [0.25, 0.3) is 0 Å². The van der Waals surface area contributed by atoms with E-state index in [0.717, 1.165) is 28.8 Å². The van der Waals surface area contributed by atoms with Gasteiger partial charge in [0, 0.05) is 29.0 Å². The molecule has 0 spiro atoms. The largest absolute Gasteiger partial charge is 0.309 e. The molecule has 0 aliphatic rings. The van der Waals surface area contributed by atoms with Gasteiger partial charge in [0.05, 0.1) is 11.7 Å². The van der Waals surface area contributed by atoms with Gasteiger partial charge in [0.15, 0.2) is 0 Å². The number of nitrogens with zero attached hydrogens (tertiary/aromatic N) is 2. The quantitative estimate of drug-likeness (QED) is 0.917. The predicted molar refractivity (Wildman–Crippen MR) is 81.0 cm³/mol. The van der Waals surface area contributed by atoms with Crippen molar-refractivity contribution in [3.8, 4) is 0 Å². The van der Waals surface area contributed by atoms with E-state index in [1.54, 1.807) is 0 Å². The van der Waals surface area contributed by atoms with Crippen molar-refractivity contribution in [2.75, 3.05) is 6.54 Å². The highest BCUT2D eigenvalue weighted by Crippen LogP contribution is 2.17. The molecule has 2 aromatic rings. The molecule has 2 heterocycles. The average molecular weight is 320 g/mol. The van der Waals surface area contributed by atoms with Gasteiger partial charge in [-0.2, -0.15) is 0 Å². The van der Waals surface area contributed by atoms with Crippen LogP contribution in [0.25, 0.3) is 0 Å². The lowest BCUT2D eigenvalue weighted by Gasteiger charge is -2.17. The Bertz CT molecular complexity index is 525. The molecular weight excluding hydrogens is 302 g/mol. The van der Waals surface area contributed by atoms with Crippen LogP contribution in [0.2, 0.25) is 0 Å². The Kier molecular flexibility index (Phi) is 5.05. The molecule has 2 aromatic heterocycles. The second kappa shape index (κ2) is 6.78. The summed E-state index contributed by atoms with van der Waals surface area (Å²) in [6.07, 6.45) is 4.55. The maximum Gasteiger partial charge on any atom is 0.0579 e. The van der Waals surface area contributed by atoms with Crippen LogP contribution in [0.15, 0.2) is 41.1 Å². The summed E-state index contributed by atoms with van der Waals surface area (Å²) in [5, 5.41) is 3.47. The number of likely N-dealkylation sites (N-methyl/N-ethyl adjacent to an activating group) is 1. The first-order chi connectivity index (χ1) is 9.19. The maximum absolute atomic E-state index is 4.47. The Labute approximate surface area is 122 Å². The van der Waals surface area contributed by atoms with E-state index in [0.29, 0.717) is 0 Å². The number of hydrogen-bond donors (Lipinski definition) is 1. The van der Waals surface area contributed by atoms with Crippen LogP contribution in [-0.4, -0.2) is 16.5 Å². The fraction of sp³-hybridized carbons (Fsp3) is 0.333. The van der Waals surface area contributed by atoms with E-state index in [1.165, 1.54) is 5.56 Å². The topological polar surface area (TPSA) is 37.8 Å². The number of aryl methyl sites for hydroxylation is 1. The van der Waals surface area contributed by atoms with Crippen molar-refractivity contribution in [3.05, 3.63) is 58.1 Å². The van der Waals surface area contributed by atoms with Crippen molar-refractivity contribution < 1.29 is 0 Å². The van der Waals surface area contributed by atoms with Crippen molar-refractivity contribution in [1.82, 2.24) is 15.3 Å². The summed E-state index contributed by atoms with van der Waals surface area (Å²) in [4.78, 5) is 8.91. The van der Waals surface area contributed by atoms with E-state index in [4.69, 9.17) is 0 Å². The van der Waals surface area contributed by atoms with Gasteiger partial charge in [-0.25, -0.2) is 0 Å². The second-order valence-electron chi connectivity index (χ2n) is 4.54. The Morgan fingerprint density at radius 3 is 2.74 bits per heavy atom. The zero-order valence-electron chi connectivity index (χ0n) is 11.2. The fourth-order valence-corrected chi connectivity index (χ4v) is 2.25. The van der Waals surface area contributed by atoms with Crippen LogP contribution in [0.4, 0.5) is 0 Å². The molecule has 19 heavy (non-hydrogen) atoms. The predicted octanol–water partition coefficient (Wildman–Crippen LogP) is 3.44. The van der Waals surface area contributed by atoms with Crippen molar-refractivity contribution in [3.63, 3.8) is 0 Å². The first kappa shape index (κ1) is 14.2. The average Bonchev–Trinajstić information content (AvgIpc) is 2.41. The van der Waals surface area contributed by atoms with E-state index in [-0.39, 0.29) is 6.04 Å². The van der Waals surface area contributed by atoms with Crippen molar-refractivity contribution in [2.45, 2.75) is 26.3 Å². The van der Waals surface area contributed by atoms with E-state index >= 15 is 0 Å². The summed E-state index contributed by atoms with van der Waals surface area (Å²) in [7, 11) is 0. The Balaban J connectivity index is 2.18. The number of aromatic nitrogens is 2.